The van der Waals surface area contributed by atoms with Crippen molar-refractivity contribution in [2.24, 2.45) is 11.8 Å². The molecule has 1 amide bonds. The van der Waals surface area contributed by atoms with Gasteiger partial charge >= 0.3 is 0 Å². The SMILES string of the molecule is O=C(NC1CCC2CNCC21)C(c1ccc(F)cc1)c1ccc(F)cc1. The first kappa shape index (κ1) is 17.2. The van der Waals surface area contributed by atoms with E-state index >= 15 is 0 Å². The highest BCUT2D eigenvalue weighted by Crippen LogP contribution is 2.35. The van der Waals surface area contributed by atoms with Gasteiger partial charge in [-0.3, -0.25) is 4.79 Å². The molecule has 2 aliphatic rings. The van der Waals surface area contributed by atoms with E-state index in [2.05, 4.69) is 10.6 Å². The van der Waals surface area contributed by atoms with Gasteiger partial charge < -0.3 is 10.6 Å². The fraction of sp³-hybridized carbons (Fsp3) is 0.381. The van der Waals surface area contributed by atoms with Gasteiger partial charge in [0.05, 0.1) is 5.92 Å². The summed E-state index contributed by atoms with van der Waals surface area (Å²) in [5.41, 5.74) is 1.41. The van der Waals surface area contributed by atoms with Crippen LogP contribution in [-0.4, -0.2) is 25.0 Å². The third kappa shape index (κ3) is 3.36. The molecule has 3 nitrogen and oxygen atoms in total. The van der Waals surface area contributed by atoms with Crippen molar-refractivity contribution in [1.82, 2.24) is 10.6 Å². The van der Waals surface area contributed by atoms with E-state index in [0.29, 0.717) is 23.0 Å². The van der Waals surface area contributed by atoms with Gasteiger partial charge in [0, 0.05) is 12.6 Å². The Labute approximate surface area is 151 Å². The summed E-state index contributed by atoms with van der Waals surface area (Å²) in [6.07, 6.45) is 2.11. The predicted octanol–water partition coefficient (Wildman–Crippen LogP) is 3.21. The summed E-state index contributed by atoms with van der Waals surface area (Å²) in [6.45, 7) is 1.96. The number of hydrogen-bond donors (Lipinski definition) is 2. The first-order valence-electron chi connectivity index (χ1n) is 9.14. The molecule has 0 bridgehead atoms. The minimum Gasteiger partial charge on any atom is -0.352 e. The van der Waals surface area contributed by atoms with E-state index in [1.807, 2.05) is 0 Å². The van der Waals surface area contributed by atoms with Crippen molar-refractivity contribution < 1.29 is 13.6 Å². The maximum atomic E-state index is 13.3. The lowest BCUT2D eigenvalue weighted by Gasteiger charge is -2.24. The second kappa shape index (κ2) is 7.16. The van der Waals surface area contributed by atoms with Crippen molar-refractivity contribution in [2.45, 2.75) is 24.8 Å². The second-order valence-electron chi connectivity index (χ2n) is 7.31. The van der Waals surface area contributed by atoms with Gasteiger partial charge in [-0.2, -0.15) is 0 Å². The number of hydrogen-bond acceptors (Lipinski definition) is 2. The average Bonchev–Trinajstić information content (AvgIpc) is 3.24. The first-order chi connectivity index (χ1) is 12.6. The molecule has 3 atom stereocenters. The Bertz CT molecular complexity index is 730. The van der Waals surface area contributed by atoms with Gasteiger partial charge in [0.1, 0.15) is 11.6 Å². The standard InChI is InChI=1S/C21H22F2N2O/c22-16-6-1-13(2-7-16)20(14-3-8-17(23)9-4-14)21(26)25-19-10-5-15-11-24-12-18(15)19/h1-4,6-9,15,18-20,24H,5,10-12H2,(H,25,26). The number of amides is 1. The Kier molecular flexibility index (Phi) is 4.72. The highest BCUT2D eigenvalue weighted by atomic mass is 19.1. The highest BCUT2D eigenvalue weighted by molar-refractivity contribution is 5.87. The fourth-order valence-corrected chi connectivity index (χ4v) is 4.40. The van der Waals surface area contributed by atoms with Crippen LogP contribution in [0, 0.1) is 23.5 Å². The molecule has 0 radical (unpaired) electrons. The van der Waals surface area contributed by atoms with E-state index < -0.39 is 5.92 Å². The van der Waals surface area contributed by atoms with Crippen LogP contribution in [0.3, 0.4) is 0 Å². The van der Waals surface area contributed by atoms with Crippen LogP contribution in [0.4, 0.5) is 8.78 Å². The third-order valence-electron chi connectivity index (χ3n) is 5.75. The molecule has 4 rings (SSSR count). The van der Waals surface area contributed by atoms with Crippen LogP contribution in [0.2, 0.25) is 0 Å². The molecule has 2 fully saturated rings. The van der Waals surface area contributed by atoms with Gasteiger partial charge in [0.2, 0.25) is 5.91 Å². The summed E-state index contributed by atoms with van der Waals surface area (Å²) in [5, 5.41) is 6.61. The second-order valence-corrected chi connectivity index (χ2v) is 7.31. The minimum atomic E-state index is -0.579. The molecule has 1 saturated carbocycles. The number of carbonyl (C=O) groups excluding carboxylic acids is 1. The van der Waals surface area contributed by atoms with Crippen LogP contribution in [-0.2, 0) is 4.79 Å². The number of halogens is 2. The molecule has 0 aromatic heterocycles. The number of fused-ring (bicyclic) bond motifs is 1. The molecule has 3 unspecified atom stereocenters. The largest absolute Gasteiger partial charge is 0.352 e. The molecule has 2 aromatic rings. The molecule has 136 valence electrons. The van der Waals surface area contributed by atoms with Crippen molar-refractivity contribution >= 4 is 5.91 Å². The van der Waals surface area contributed by atoms with E-state index in [4.69, 9.17) is 0 Å². The molecule has 1 aliphatic heterocycles. The van der Waals surface area contributed by atoms with Gasteiger partial charge in [-0.05, 0) is 66.6 Å². The van der Waals surface area contributed by atoms with Gasteiger partial charge in [-0.15, -0.1) is 0 Å². The van der Waals surface area contributed by atoms with Gasteiger partial charge in [-0.25, -0.2) is 8.78 Å². The highest BCUT2D eigenvalue weighted by Gasteiger charge is 2.40. The van der Waals surface area contributed by atoms with Crippen LogP contribution < -0.4 is 10.6 Å². The van der Waals surface area contributed by atoms with E-state index in [0.717, 1.165) is 25.9 Å². The first-order valence-corrected chi connectivity index (χ1v) is 9.14. The molecular formula is C21H22F2N2O. The summed E-state index contributed by atoms with van der Waals surface area (Å²) >= 11 is 0. The minimum absolute atomic E-state index is 0.110. The molecule has 1 aliphatic carbocycles. The lowest BCUT2D eigenvalue weighted by atomic mass is 9.89. The van der Waals surface area contributed by atoms with Crippen LogP contribution in [0.5, 0.6) is 0 Å². The molecule has 5 heteroatoms. The third-order valence-corrected chi connectivity index (χ3v) is 5.75. The van der Waals surface area contributed by atoms with E-state index in [1.165, 1.54) is 24.3 Å². The Morgan fingerprint density at radius 1 is 0.923 bits per heavy atom. The summed E-state index contributed by atoms with van der Waals surface area (Å²) < 4.78 is 26.6. The molecule has 2 aromatic carbocycles. The molecule has 0 spiro atoms. The zero-order valence-corrected chi connectivity index (χ0v) is 14.4. The fourth-order valence-electron chi connectivity index (χ4n) is 4.40. The number of nitrogens with one attached hydrogen (secondary N) is 2. The Morgan fingerprint density at radius 3 is 2.08 bits per heavy atom. The van der Waals surface area contributed by atoms with E-state index in [-0.39, 0.29) is 23.6 Å². The van der Waals surface area contributed by atoms with Gasteiger partial charge in [0.25, 0.3) is 0 Å². The van der Waals surface area contributed by atoms with Gasteiger partial charge in [-0.1, -0.05) is 24.3 Å². The number of carbonyl (C=O) groups is 1. The summed E-state index contributed by atoms with van der Waals surface area (Å²) in [4.78, 5) is 13.1. The molecule has 1 heterocycles. The average molecular weight is 356 g/mol. The molecular weight excluding hydrogens is 334 g/mol. The zero-order chi connectivity index (χ0) is 18.1. The van der Waals surface area contributed by atoms with Gasteiger partial charge in [0.15, 0.2) is 0 Å². The summed E-state index contributed by atoms with van der Waals surface area (Å²) in [5.74, 6) is -0.271. The van der Waals surface area contributed by atoms with Crippen molar-refractivity contribution in [1.29, 1.82) is 0 Å². The van der Waals surface area contributed by atoms with Crippen molar-refractivity contribution in [2.75, 3.05) is 13.1 Å². The quantitative estimate of drug-likeness (QED) is 0.883. The monoisotopic (exact) mass is 356 g/mol. The zero-order valence-electron chi connectivity index (χ0n) is 14.4. The van der Waals surface area contributed by atoms with Crippen LogP contribution in [0.25, 0.3) is 0 Å². The number of benzene rings is 2. The number of rotatable bonds is 4. The summed E-state index contributed by atoms with van der Waals surface area (Å²) in [6, 6.07) is 12.1. The lowest BCUT2D eigenvalue weighted by molar-refractivity contribution is -0.122. The Balaban J connectivity index is 1.60. The van der Waals surface area contributed by atoms with Crippen LogP contribution in [0.1, 0.15) is 29.9 Å². The predicted molar refractivity (Wildman–Crippen MR) is 95.7 cm³/mol. The molecule has 26 heavy (non-hydrogen) atoms. The van der Waals surface area contributed by atoms with Crippen LogP contribution in [0.15, 0.2) is 48.5 Å². The van der Waals surface area contributed by atoms with Crippen molar-refractivity contribution in [3.8, 4) is 0 Å². The van der Waals surface area contributed by atoms with E-state index in [9.17, 15) is 13.6 Å². The lowest BCUT2D eigenvalue weighted by Crippen LogP contribution is -2.42. The summed E-state index contributed by atoms with van der Waals surface area (Å²) in [7, 11) is 0. The van der Waals surface area contributed by atoms with Crippen molar-refractivity contribution in [3.05, 3.63) is 71.3 Å². The Hall–Kier alpha value is -2.27. The van der Waals surface area contributed by atoms with Crippen LogP contribution >= 0.6 is 0 Å². The van der Waals surface area contributed by atoms with Crippen molar-refractivity contribution in [3.63, 3.8) is 0 Å². The maximum Gasteiger partial charge on any atom is 0.232 e. The molecule has 1 saturated heterocycles. The normalized spacial score (nSPS) is 24.7. The maximum absolute atomic E-state index is 13.3. The smallest absolute Gasteiger partial charge is 0.232 e. The Morgan fingerprint density at radius 2 is 1.50 bits per heavy atom. The van der Waals surface area contributed by atoms with E-state index in [1.54, 1.807) is 24.3 Å². The topological polar surface area (TPSA) is 41.1 Å². The molecule has 2 N–H and O–H groups in total.